The molecule has 2 aliphatic rings. The highest BCUT2D eigenvalue weighted by Gasteiger charge is 2.35. The summed E-state index contributed by atoms with van der Waals surface area (Å²) < 4.78 is 2.06. The molecule has 1 atom stereocenters. The molecule has 9 heteroatoms. The fourth-order valence-electron chi connectivity index (χ4n) is 4.45. The highest BCUT2D eigenvalue weighted by Crippen LogP contribution is 2.35. The van der Waals surface area contributed by atoms with E-state index >= 15 is 0 Å². The standard InChI is InChI=1S/C26H27N5O2S2/c1-3-18(2)31-25(33)21(35-26(31)34)17-20-23(27-22-11-7-8-12-30(22)24(20)32)29-15-13-28(14-16-29)19-9-5-4-6-10-19/h4-12,17-18H,3,13-16H2,1-2H3. The molecule has 1 aromatic carbocycles. The first-order valence-corrected chi connectivity index (χ1v) is 13.0. The van der Waals surface area contributed by atoms with E-state index in [1.165, 1.54) is 21.8 Å². The molecule has 2 aromatic heterocycles. The summed E-state index contributed by atoms with van der Waals surface area (Å²) in [5.41, 5.74) is 2.01. The summed E-state index contributed by atoms with van der Waals surface area (Å²) in [6.45, 7) is 7.08. The number of benzene rings is 1. The summed E-state index contributed by atoms with van der Waals surface area (Å²) >= 11 is 6.75. The molecule has 2 fully saturated rings. The molecule has 2 saturated heterocycles. The maximum atomic E-state index is 13.6. The van der Waals surface area contributed by atoms with Gasteiger partial charge in [-0.25, -0.2) is 4.98 Å². The van der Waals surface area contributed by atoms with E-state index in [1.54, 1.807) is 23.2 Å². The van der Waals surface area contributed by atoms with Crippen LogP contribution in [-0.2, 0) is 4.79 Å². The number of thioether (sulfide) groups is 1. The summed E-state index contributed by atoms with van der Waals surface area (Å²) in [6, 6.07) is 15.8. The Hall–Kier alpha value is -3.17. The van der Waals surface area contributed by atoms with E-state index in [2.05, 4.69) is 21.9 Å². The Kier molecular flexibility index (Phi) is 6.62. The lowest BCUT2D eigenvalue weighted by molar-refractivity contribution is -0.123. The van der Waals surface area contributed by atoms with Gasteiger partial charge in [0.1, 0.15) is 15.8 Å². The van der Waals surface area contributed by atoms with Crippen molar-refractivity contribution < 1.29 is 4.79 Å². The number of hydrogen-bond acceptors (Lipinski definition) is 7. The first-order chi connectivity index (χ1) is 17.0. The molecule has 0 N–H and O–H groups in total. The van der Waals surface area contributed by atoms with Crippen LogP contribution in [0.5, 0.6) is 0 Å². The Bertz CT molecular complexity index is 1360. The largest absolute Gasteiger partial charge is 0.368 e. The molecule has 0 saturated carbocycles. The van der Waals surface area contributed by atoms with Gasteiger partial charge in [0.25, 0.3) is 11.5 Å². The molecule has 1 amide bonds. The Balaban J connectivity index is 1.53. The molecule has 2 aliphatic heterocycles. The molecule has 5 rings (SSSR count). The van der Waals surface area contributed by atoms with Crippen LogP contribution in [0.3, 0.4) is 0 Å². The topological polar surface area (TPSA) is 61.2 Å². The number of fused-ring (bicyclic) bond motifs is 1. The van der Waals surface area contributed by atoms with E-state index in [9.17, 15) is 9.59 Å². The molecule has 0 spiro atoms. The fourth-order valence-corrected chi connectivity index (χ4v) is 5.89. The highest BCUT2D eigenvalue weighted by molar-refractivity contribution is 8.26. The van der Waals surface area contributed by atoms with Gasteiger partial charge in [-0.05, 0) is 43.7 Å². The average molecular weight is 506 g/mol. The zero-order chi connectivity index (χ0) is 24.5. The van der Waals surface area contributed by atoms with E-state index < -0.39 is 0 Å². The lowest BCUT2D eigenvalue weighted by Crippen LogP contribution is -2.47. The number of anilines is 2. The van der Waals surface area contributed by atoms with Crippen LogP contribution in [0.15, 0.2) is 64.4 Å². The van der Waals surface area contributed by atoms with Gasteiger partial charge in [0.2, 0.25) is 0 Å². The smallest absolute Gasteiger partial charge is 0.267 e. The summed E-state index contributed by atoms with van der Waals surface area (Å²) in [4.78, 5) is 38.3. The summed E-state index contributed by atoms with van der Waals surface area (Å²) in [5.74, 6) is 0.467. The third-order valence-corrected chi connectivity index (χ3v) is 7.91. The summed E-state index contributed by atoms with van der Waals surface area (Å²) in [5, 5.41) is 0. The molecule has 3 aromatic rings. The van der Waals surface area contributed by atoms with Crippen molar-refractivity contribution in [2.45, 2.75) is 26.3 Å². The average Bonchev–Trinajstić information content (AvgIpc) is 3.18. The van der Waals surface area contributed by atoms with E-state index in [0.29, 0.717) is 26.3 Å². The number of piperazine rings is 1. The van der Waals surface area contributed by atoms with Gasteiger partial charge < -0.3 is 9.80 Å². The van der Waals surface area contributed by atoms with Gasteiger partial charge in [-0.2, -0.15) is 0 Å². The predicted molar refractivity (Wildman–Crippen MR) is 147 cm³/mol. The van der Waals surface area contributed by atoms with Crippen LogP contribution in [0.25, 0.3) is 11.7 Å². The van der Waals surface area contributed by atoms with Crippen molar-refractivity contribution in [1.29, 1.82) is 0 Å². The van der Waals surface area contributed by atoms with Crippen LogP contribution in [0.1, 0.15) is 25.8 Å². The van der Waals surface area contributed by atoms with Crippen LogP contribution in [0, 0.1) is 0 Å². The zero-order valence-corrected chi connectivity index (χ0v) is 21.4. The Morgan fingerprint density at radius 3 is 2.43 bits per heavy atom. The van der Waals surface area contributed by atoms with Crippen molar-refractivity contribution >= 4 is 57.4 Å². The minimum atomic E-state index is -0.190. The van der Waals surface area contributed by atoms with Gasteiger partial charge in [-0.1, -0.05) is 55.2 Å². The van der Waals surface area contributed by atoms with Crippen molar-refractivity contribution in [2.75, 3.05) is 36.0 Å². The first-order valence-electron chi connectivity index (χ1n) is 11.8. The van der Waals surface area contributed by atoms with Crippen LogP contribution in [0.4, 0.5) is 11.5 Å². The van der Waals surface area contributed by atoms with Gasteiger partial charge in [-0.3, -0.25) is 18.9 Å². The monoisotopic (exact) mass is 505 g/mol. The quantitative estimate of drug-likeness (QED) is 0.383. The predicted octanol–water partition coefficient (Wildman–Crippen LogP) is 4.02. The van der Waals surface area contributed by atoms with Gasteiger partial charge >= 0.3 is 0 Å². The molecular weight excluding hydrogens is 478 g/mol. The van der Waals surface area contributed by atoms with Crippen LogP contribution in [-0.4, -0.2) is 56.7 Å². The van der Waals surface area contributed by atoms with Crippen molar-refractivity contribution in [2.24, 2.45) is 0 Å². The number of carbonyl (C=O) groups excluding carboxylic acids is 1. The van der Waals surface area contributed by atoms with Gasteiger partial charge in [0.15, 0.2) is 0 Å². The molecular formula is C26H27N5O2S2. The molecule has 4 heterocycles. The number of amides is 1. The Morgan fingerprint density at radius 1 is 1.03 bits per heavy atom. The van der Waals surface area contributed by atoms with E-state index in [0.717, 1.165) is 32.6 Å². The zero-order valence-electron chi connectivity index (χ0n) is 19.8. The summed E-state index contributed by atoms with van der Waals surface area (Å²) in [6.07, 6.45) is 4.20. The number of rotatable bonds is 5. The van der Waals surface area contributed by atoms with E-state index in [-0.39, 0.29) is 17.5 Å². The Morgan fingerprint density at radius 2 is 1.71 bits per heavy atom. The SMILES string of the molecule is CCC(C)N1C(=O)C(=Cc2c(N3CCN(c4ccccc4)CC3)nc3ccccn3c2=O)SC1=S. The Labute approximate surface area is 214 Å². The molecule has 7 nitrogen and oxygen atoms in total. The number of hydrogen-bond donors (Lipinski definition) is 0. The van der Waals surface area contributed by atoms with Crippen molar-refractivity contribution in [1.82, 2.24) is 14.3 Å². The number of carbonyl (C=O) groups is 1. The molecule has 1 unspecified atom stereocenters. The van der Waals surface area contributed by atoms with Gasteiger partial charge in [-0.15, -0.1) is 0 Å². The molecule has 180 valence electrons. The first kappa shape index (κ1) is 23.6. The highest BCUT2D eigenvalue weighted by atomic mass is 32.2. The van der Waals surface area contributed by atoms with Crippen molar-refractivity contribution in [3.05, 3.63) is 75.6 Å². The lowest BCUT2D eigenvalue weighted by Gasteiger charge is -2.37. The third-order valence-electron chi connectivity index (χ3n) is 6.58. The second-order valence-electron chi connectivity index (χ2n) is 8.70. The number of thiocarbonyl (C=S) groups is 1. The van der Waals surface area contributed by atoms with Gasteiger partial charge in [0.05, 0.1) is 10.5 Å². The maximum Gasteiger partial charge on any atom is 0.267 e. The van der Waals surface area contributed by atoms with Crippen LogP contribution < -0.4 is 15.4 Å². The lowest BCUT2D eigenvalue weighted by atomic mass is 10.2. The molecule has 35 heavy (non-hydrogen) atoms. The van der Waals surface area contributed by atoms with Crippen molar-refractivity contribution in [3.8, 4) is 0 Å². The van der Waals surface area contributed by atoms with Crippen LogP contribution >= 0.6 is 24.0 Å². The van der Waals surface area contributed by atoms with E-state index in [4.69, 9.17) is 17.2 Å². The number of para-hydroxylation sites is 1. The summed E-state index contributed by atoms with van der Waals surface area (Å²) in [7, 11) is 0. The second kappa shape index (κ2) is 9.83. The van der Waals surface area contributed by atoms with Crippen molar-refractivity contribution in [3.63, 3.8) is 0 Å². The van der Waals surface area contributed by atoms with Gasteiger partial charge in [0, 0.05) is 44.1 Å². The molecule has 0 radical (unpaired) electrons. The van der Waals surface area contributed by atoms with E-state index in [1.807, 2.05) is 44.2 Å². The molecule has 0 bridgehead atoms. The number of pyridine rings is 1. The van der Waals surface area contributed by atoms with Crippen LogP contribution in [0.2, 0.25) is 0 Å². The molecule has 0 aliphatic carbocycles. The minimum Gasteiger partial charge on any atom is -0.368 e. The minimum absolute atomic E-state index is 0.00904. The second-order valence-corrected chi connectivity index (χ2v) is 10.4. The third kappa shape index (κ3) is 4.46. The maximum absolute atomic E-state index is 13.6. The fraction of sp³-hybridized carbons (Fsp3) is 0.308. The number of nitrogens with zero attached hydrogens (tertiary/aromatic N) is 5. The normalized spacial score (nSPS) is 18.7. The number of aromatic nitrogens is 2.